The van der Waals surface area contributed by atoms with Crippen LogP contribution in [0.3, 0.4) is 0 Å². The second-order valence-corrected chi connectivity index (χ2v) is 6.45. The molecule has 2 rings (SSSR count). The zero-order chi connectivity index (χ0) is 18.1. The highest BCUT2D eigenvalue weighted by atomic mass is 32.2. The van der Waals surface area contributed by atoms with Crippen molar-refractivity contribution >= 4 is 21.5 Å². The van der Waals surface area contributed by atoms with Gasteiger partial charge in [0.05, 0.1) is 14.7 Å². The fourth-order valence-corrected chi connectivity index (χ4v) is 2.81. The van der Waals surface area contributed by atoms with Gasteiger partial charge in [-0.15, -0.1) is 0 Å². The molecule has 0 heterocycles. The lowest BCUT2D eigenvalue weighted by molar-refractivity contribution is -0.395. The minimum atomic E-state index is -4.46. The fourth-order valence-electron chi connectivity index (χ4n) is 2.28. The van der Waals surface area contributed by atoms with Crippen molar-refractivity contribution in [1.29, 1.82) is 0 Å². The summed E-state index contributed by atoms with van der Waals surface area (Å²) in [6.45, 7) is 1.63. The smallest absolute Gasteiger partial charge is 0.282 e. The molecule has 0 atom stereocenters. The molecule has 0 saturated carbocycles. The minimum absolute atomic E-state index is 0.136. The van der Waals surface area contributed by atoms with Crippen molar-refractivity contribution in [1.82, 2.24) is 0 Å². The minimum Gasteiger partial charge on any atom is -0.282 e. The Kier molecular flexibility index (Phi) is 4.62. The van der Waals surface area contributed by atoms with Crippen LogP contribution in [0.2, 0.25) is 0 Å². The largest absolute Gasteiger partial charge is 0.294 e. The average Bonchev–Trinajstić information content (AvgIpc) is 2.48. The van der Waals surface area contributed by atoms with Gasteiger partial charge in [0.2, 0.25) is 0 Å². The summed E-state index contributed by atoms with van der Waals surface area (Å²) in [7, 11) is -4.46. The zero-order valence-corrected chi connectivity index (χ0v) is 13.2. The Hall–Kier alpha value is -2.85. The molecule has 24 heavy (non-hydrogen) atoms. The van der Waals surface area contributed by atoms with Crippen molar-refractivity contribution in [3.05, 3.63) is 73.3 Å². The topological polar surface area (TPSA) is 141 Å². The third kappa shape index (κ3) is 3.55. The third-order valence-electron chi connectivity index (χ3n) is 3.51. The molecule has 2 aromatic carbocycles. The number of hydrogen-bond acceptors (Lipinski definition) is 6. The number of benzene rings is 2. The molecule has 0 aliphatic rings. The van der Waals surface area contributed by atoms with Gasteiger partial charge in [0, 0.05) is 18.6 Å². The SMILES string of the molecule is Cc1ccc(S(=O)(=O)O)cc1Cc1c([N+](=O)[O-])cccc1[N+](=O)[O-]. The molecule has 0 fully saturated rings. The van der Waals surface area contributed by atoms with Crippen molar-refractivity contribution in [2.45, 2.75) is 18.2 Å². The van der Waals surface area contributed by atoms with Crippen LogP contribution >= 0.6 is 0 Å². The van der Waals surface area contributed by atoms with Gasteiger partial charge in [-0.25, -0.2) is 0 Å². The molecule has 0 aromatic heterocycles. The van der Waals surface area contributed by atoms with Crippen molar-refractivity contribution in [2.24, 2.45) is 0 Å². The van der Waals surface area contributed by atoms with Gasteiger partial charge in [0.25, 0.3) is 21.5 Å². The van der Waals surface area contributed by atoms with Crippen LogP contribution < -0.4 is 0 Å². The molecule has 0 aliphatic heterocycles. The lowest BCUT2D eigenvalue weighted by Gasteiger charge is -2.09. The molecule has 2 aromatic rings. The summed E-state index contributed by atoms with van der Waals surface area (Å²) in [6.07, 6.45) is -0.220. The summed E-state index contributed by atoms with van der Waals surface area (Å²) in [5.74, 6) is 0. The van der Waals surface area contributed by atoms with E-state index in [1.807, 2.05) is 0 Å². The van der Waals surface area contributed by atoms with Crippen LogP contribution in [0.4, 0.5) is 11.4 Å². The van der Waals surface area contributed by atoms with Crippen LogP contribution in [-0.2, 0) is 16.5 Å². The molecule has 0 aliphatic carbocycles. The van der Waals surface area contributed by atoms with E-state index in [1.54, 1.807) is 6.92 Å². The Labute approximate surface area is 136 Å². The van der Waals surface area contributed by atoms with E-state index in [9.17, 15) is 28.6 Å². The maximum atomic E-state index is 11.2. The lowest BCUT2D eigenvalue weighted by atomic mass is 9.98. The van der Waals surface area contributed by atoms with E-state index < -0.39 is 31.3 Å². The van der Waals surface area contributed by atoms with E-state index in [2.05, 4.69) is 0 Å². The van der Waals surface area contributed by atoms with Gasteiger partial charge in [-0.05, 0) is 36.2 Å². The monoisotopic (exact) mass is 352 g/mol. The predicted molar refractivity (Wildman–Crippen MR) is 83.6 cm³/mol. The summed E-state index contributed by atoms with van der Waals surface area (Å²) in [5, 5.41) is 22.3. The number of nitrogens with zero attached hydrogens (tertiary/aromatic N) is 2. The summed E-state index contributed by atoms with van der Waals surface area (Å²) in [6, 6.07) is 7.24. The molecule has 9 nitrogen and oxygen atoms in total. The van der Waals surface area contributed by atoms with Crippen molar-refractivity contribution in [2.75, 3.05) is 0 Å². The molecule has 0 amide bonds. The summed E-state index contributed by atoms with van der Waals surface area (Å²) >= 11 is 0. The van der Waals surface area contributed by atoms with Gasteiger partial charge in [0.15, 0.2) is 0 Å². The first-order valence-electron chi connectivity index (χ1n) is 6.59. The van der Waals surface area contributed by atoms with Crippen LogP contribution in [0.25, 0.3) is 0 Å². The van der Waals surface area contributed by atoms with Crippen LogP contribution in [0, 0.1) is 27.2 Å². The Bertz CT molecular complexity index is 906. The summed E-state index contributed by atoms with van der Waals surface area (Å²) in [4.78, 5) is 20.4. The highest BCUT2D eigenvalue weighted by Gasteiger charge is 2.25. The summed E-state index contributed by atoms with van der Waals surface area (Å²) in [5.41, 5.74) is -0.0952. The highest BCUT2D eigenvalue weighted by Crippen LogP contribution is 2.31. The molecule has 126 valence electrons. The highest BCUT2D eigenvalue weighted by molar-refractivity contribution is 7.85. The third-order valence-corrected chi connectivity index (χ3v) is 4.36. The maximum absolute atomic E-state index is 11.2. The van der Waals surface area contributed by atoms with Gasteiger partial charge in [0.1, 0.15) is 5.56 Å². The van der Waals surface area contributed by atoms with Crippen LogP contribution in [0.1, 0.15) is 16.7 Å². The van der Waals surface area contributed by atoms with E-state index in [-0.39, 0.29) is 16.9 Å². The van der Waals surface area contributed by atoms with Gasteiger partial charge in [-0.1, -0.05) is 6.07 Å². The second kappa shape index (κ2) is 6.34. The predicted octanol–water partition coefficient (Wildman–Crippen LogP) is 2.65. The van der Waals surface area contributed by atoms with E-state index in [0.29, 0.717) is 11.1 Å². The molecule has 0 spiro atoms. The lowest BCUT2D eigenvalue weighted by Crippen LogP contribution is -2.05. The van der Waals surface area contributed by atoms with Crippen LogP contribution in [0.5, 0.6) is 0 Å². The first-order chi connectivity index (χ1) is 11.1. The Balaban J connectivity index is 2.64. The number of hydrogen-bond donors (Lipinski definition) is 1. The Morgan fingerprint density at radius 3 is 2.04 bits per heavy atom. The molecular weight excluding hydrogens is 340 g/mol. The van der Waals surface area contributed by atoms with Gasteiger partial charge in [-0.2, -0.15) is 8.42 Å². The van der Waals surface area contributed by atoms with Crippen LogP contribution in [-0.4, -0.2) is 22.8 Å². The van der Waals surface area contributed by atoms with E-state index in [4.69, 9.17) is 4.55 Å². The van der Waals surface area contributed by atoms with Crippen molar-refractivity contribution < 1.29 is 22.8 Å². The number of nitro groups is 2. The maximum Gasteiger partial charge on any atom is 0.294 e. The fraction of sp³-hybridized carbons (Fsp3) is 0.143. The van der Waals surface area contributed by atoms with E-state index >= 15 is 0 Å². The molecular formula is C14H12N2O7S. The number of nitro benzene ring substituents is 2. The molecule has 1 N–H and O–H groups in total. The molecule has 0 bridgehead atoms. The first kappa shape index (κ1) is 17.5. The quantitative estimate of drug-likeness (QED) is 0.495. The standard InChI is InChI=1S/C14H12N2O7S/c1-9-5-6-11(24(21,22)23)7-10(9)8-12-13(15(17)18)3-2-4-14(12)16(19)20/h2-7H,8H2,1H3,(H,21,22,23). The van der Waals surface area contributed by atoms with Gasteiger partial charge >= 0.3 is 0 Å². The van der Waals surface area contributed by atoms with Crippen molar-refractivity contribution in [3.8, 4) is 0 Å². The van der Waals surface area contributed by atoms with Crippen LogP contribution in [0.15, 0.2) is 41.3 Å². The average molecular weight is 352 g/mol. The molecule has 0 saturated heterocycles. The number of rotatable bonds is 5. The van der Waals surface area contributed by atoms with Crippen molar-refractivity contribution in [3.63, 3.8) is 0 Å². The first-order valence-corrected chi connectivity index (χ1v) is 8.03. The number of aryl methyl sites for hydroxylation is 1. The zero-order valence-electron chi connectivity index (χ0n) is 12.4. The normalized spacial score (nSPS) is 11.2. The Morgan fingerprint density at radius 2 is 1.58 bits per heavy atom. The van der Waals surface area contributed by atoms with Gasteiger partial charge in [-0.3, -0.25) is 24.8 Å². The molecule has 0 unspecified atom stereocenters. The molecule has 0 radical (unpaired) electrons. The second-order valence-electron chi connectivity index (χ2n) is 5.03. The summed E-state index contributed by atoms with van der Waals surface area (Å²) < 4.78 is 31.6. The molecule has 10 heteroatoms. The van der Waals surface area contributed by atoms with Gasteiger partial charge < -0.3 is 0 Å². The Morgan fingerprint density at radius 1 is 1.04 bits per heavy atom. The van der Waals surface area contributed by atoms with E-state index in [0.717, 1.165) is 18.2 Å². The van der Waals surface area contributed by atoms with E-state index in [1.165, 1.54) is 18.2 Å².